The third-order valence-electron chi connectivity index (χ3n) is 3.41. The molecule has 7 heteroatoms. The van der Waals surface area contributed by atoms with E-state index in [1.165, 1.54) is 11.8 Å². The molecule has 1 aliphatic rings. The highest BCUT2D eigenvalue weighted by molar-refractivity contribution is 7.99. The van der Waals surface area contributed by atoms with E-state index < -0.39 is 0 Å². The molecule has 3 rings (SSSR count). The number of aromatic nitrogens is 3. The Balaban J connectivity index is 1.56. The maximum absolute atomic E-state index is 12.4. The first kappa shape index (κ1) is 15.6. The molecule has 2 aromatic heterocycles. The number of carbonyl (C=O) groups is 1. The van der Waals surface area contributed by atoms with Gasteiger partial charge in [-0.15, -0.1) is 16.4 Å². The van der Waals surface area contributed by atoms with Crippen LogP contribution in [0.25, 0.3) is 10.7 Å². The van der Waals surface area contributed by atoms with Gasteiger partial charge in [-0.05, 0) is 30.2 Å². The molecule has 2 heterocycles. The van der Waals surface area contributed by atoms with Crippen molar-refractivity contribution >= 4 is 29.0 Å². The largest absolute Gasteiger partial charge is 0.339 e. The lowest BCUT2D eigenvalue weighted by Gasteiger charge is -2.24. The monoisotopic (exact) mass is 336 g/mol. The molecule has 0 unspecified atom stereocenters. The Morgan fingerprint density at radius 3 is 3.00 bits per heavy atom. The summed E-state index contributed by atoms with van der Waals surface area (Å²) >= 11 is 3.03. The van der Waals surface area contributed by atoms with E-state index >= 15 is 0 Å². The van der Waals surface area contributed by atoms with Gasteiger partial charge in [0, 0.05) is 12.6 Å². The predicted molar refractivity (Wildman–Crippen MR) is 90.0 cm³/mol. The summed E-state index contributed by atoms with van der Waals surface area (Å²) in [5, 5.41) is 9.76. The van der Waals surface area contributed by atoms with E-state index in [4.69, 9.17) is 0 Å². The Morgan fingerprint density at radius 1 is 1.55 bits per heavy atom. The minimum Gasteiger partial charge on any atom is -0.339 e. The third-order valence-corrected chi connectivity index (χ3v) is 5.12. The molecular weight excluding hydrogens is 316 g/mol. The minimum absolute atomic E-state index is 0.198. The second-order valence-corrected chi connectivity index (χ2v) is 7.79. The number of amides is 1. The second kappa shape index (κ2) is 6.83. The van der Waals surface area contributed by atoms with Crippen molar-refractivity contribution in [2.75, 3.05) is 12.3 Å². The summed E-state index contributed by atoms with van der Waals surface area (Å²) in [5.74, 6) is 1.88. The number of hydrogen-bond donors (Lipinski definition) is 1. The zero-order valence-corrected chi connectivity index (χ0v) is 14.4. The van der Waals surface area contributed by atoms with Crippen LogP contribution < -0.4 is 0 Å². The molecule has 1 amide bonds. The Bertz CT molecular complexity index is 619. The summed E-state index contributed by atoms with van der Waals surface area (Å²) in [6.45, 7) is 5.15. The molecule has 0 bridgehead atoms. The number of nitrogens with one attached hydrogen (secondary N) is 1. The quantitative estimate of drug-likeness (QED) is 0.788. The number of thiophene rings is 1. The maximum Gasteiger partial charge on any atom is 0.233 e. The van der Waals surface area contributed by atoms with Gasteiger partial charge in [-0.1, -0.05) is 31.7 Å². The number of rotatable bonds is 7. The second-order valence-electron chi connectivity index (χ2n) is 5.90. The van der Waals surface area contributed by atoms with Gasteiger partial charge < -0.3 is 4.90 Å². The Labute approximate surface area is 138 Å². The van der Waals surface area contributed by atoms with E-state index in [1.54, 1.807) is 11.3 Å². The normalized spacial score (nSPS) is 14.5. The van der Waals surface area contributed by atoms with Gasteiger partial charge in [-0.25, -0.2) is 4.98 Å². The first-order valence-electron chi connectivity index (χ1n) is 7.52. The van der Waals surface area contributed by atoms with Crippen LogP contribution in [0.4, 0.5) is 0 Å². The summed E-state index contributed by atoms with van der Waals surface area (Å²) in [6.07, 6.45) is 2.29. The van der Waals surface area contributed by atoms with E-state index in [0.29, 0.717) is 22.9 Å². The zero-order valence-electron chi connectivity index (χ0n) is 12.8. The van der Waals surface area contributed by atoms with Crippen LogP contribution in [0.1, 0.15) is 26.7 Å². The van der Waals surface area contributed by atoms with Gasteiger partial charge in [0.25, 0.3) is 0 Å². The Morgan fingerprint density at radius 2 is 2.36 bits per heavy atom. The van der Waals surface area contributed by atoms with Gasteiger partial charge >= 0.3 is 0 Å². The lowest BCUT2D eigenvalue weighted by atomic mass is 10.2. The van der Waals surface area contributed by atoms with Gasteiger partial charge in [-0.3, -0.25) is 9.89 Å². The number of hydrogen-bond acceptors (Lipinski definition) is 5. The lowest BCUT2D eigenvalue weighted by molar-refractivity contribution is -0.129. The molecule has 1 fully saturated rings. The zero-order chi connectivity index (χ0) is 15.5. The number of carbonyl (C=O) groups excluding carboxylic acids is 1. The molecule has 0 saturated heterocycles. The molecule has 22 heavy (non-hydrogen) atoms. The smallest absolute Gasteiger partial charge is 0.233 e. The molecule has 1 saturated carbocycles. The van der Waals surface area contributed by atoms with Crippen LogP contribution in [0.5, 0.6) is 0 Å². The highest BCUT2D eigenvalue weighted by Gasteiger charge is 2.32. The highest BCUT2D eigenvalue weighted by atomic mass is 32.2. The van der Waals surface area contributed by atoms with E-state index in [1.807, 2.05) is 22.4 Å². The molecule has 0 aromatic carbocycles. The summed E-state index contributed by atoms with van der Waals surface area (Å²) in [7, 11) is 0. The van der Waals surface area contributed by atoms with Crippen molar-refractivity contribution in [1.82, 2.24) is 20.1 Å². The fraction of sp³-hybridized carbons (Fsp3) is 0.533. The maximum atomic E-state index is 12.4. The van der Waals surface area contributed by atoms with Gasteiger partial charge in [0.05, 0.1) is 10.6 Å². The minimum atomic E-state index is 0.198. The SMILES string of the molecule is CC(C)CN(C(=O)CSc1n[nH]c(-c2cccs2)n1)C1CC1. The standard InChI is InChI=1S/C15H20N4OS2/c1-10(2)8-19(11-5-6-11)13(20)9-22-15-16-14(17-18-15)12-4-3-7-21-12/h3-4,7,10-11H,5-6,8-9H2,1-2H3,(H,16,17,18). The molecule has 118 valence electrons. The lowest BCUT2D eigenvalue weighted by Crippen LogP contribution is -2.37. The number of nitrogens with zero attached hydrogens (tertiary/aromatic N) is 3. The predicted octanol–water partition coefficient (Wildman–Crippen LogP) is 3.27. The van der Waals surface area contributed by atoms with E-state index in [2.05, 4.69) is 29.0 Å². The van der Waals surface area contributed by atoms with Gasteiger partial charge in [0.15, 0.2) is 5.82 Å². The van der Waals surface area contributed by atoms with Crippen molar-refractivity contribution in [2.45, 2.75) is 37.9 Å². The Kier molecular flexibility index (Phi) is 4.83. The van der Waals surface area contributed by atoms with Crippen LogP contribution in [-0.2, 0) is 4.79 Å². The molecule has 2 aromatic rings. The molecule has 5 nitrogen and oxygen atoms in total. The first-order chi connectivity index (χ1) is 10.6. The molecule has 1 N–H and O–H groups in total. The van der Waals surface area contributed by atoms with Crippen LogP contribution >= 0.6 is 23.1 Å². The summed E-state index contributed by atoms with van der Waals surface area (Å²) in [4.78, 5) is 19.9. The van der Waals surface area contributed by atoms with Gasteiger partial charge in [0.2, 0.25) is 11.1 Å². The van der Waals surface area contributed by atoms with Gasteiger partial charge in [-0.2, -0.15) is 0 Å². The summed E-state index contributed by atoms with van der Waals surface area (Å²) < 4.78 is 0. The molecule has 0 spiro atoms. The average Bonchev–Trinajstić information content (AvgIpc) is 3.00. The summed E-state index contributed by atoms with van der Waals surface area (Å²) in [5.41, 5.74) is 0. The fourth-order valence-corrected chi connectivity index (χ4v) is 3.63. The van der Waals surface area contributed by atoms with Crippen molar-refractivity contribution in [1.29, 1.82) is 0 Å². The number of aromatic amines is 1. The van der Waals surface area contributed by atoms with Crippen molar-refractivity contribution in [3.05, 3.63) is 17.5 Å². The van der Waals surface area contributed by atoms with Crippen LogP contribution in [0.3, 0.4) is 0 Å². The van der Waals surface area contributed by atoms with Crippen molar-refractivity contribution in [2.24, 2.45) is 5.92 Å². The van der Waals surface area contributed by atoms with Crippen LogP contribution in [0, 0.1) is 5.92 Å². The average molecular weight is 336 g/mol. The number of thioether (sulfide) groups is 1. The first-order valence-corrected chi connectivity index (χ1v) is 9.38. The van der Waals surface area contributed by atoms with Crippen molar-refractivity contribution in [3.63, 3.8) is 0 Å². The van der Waals surface area contributed by atoms with E-state index in [0.717, 1.165) is 30.1 Å². The molecular formula is C15H20N4OS2. The Hall–Kier alpha value is -1.34. The third kappa shape index (κ3) is 3.89. The topological polar surface area (TPSA) is 61.9 Å². The van der Waals surface area contributed by atoms with Crippen molar-refractivity contribution < 1.29 is 4.79 Å². The molecule has 0 atom stereocenters. The van der Waals surface area contributed by atoms with Crippen molar-refractivity contribution in [3.8, 4) is 10.7 Å². The molecule has 1 aliphatic carbocycles. The summed E-state index contributed by atoms with van der Waals surface area (Å²) in [6, 6.07) is 4.45. The molecule has 0 radical (unpaired) electrons. The molecule has 0 aliphatic heterocycles. The van der Waals surface area contributed by atoms with Gasteiger partial charge in [0.1, 0.15) is 0 Å². The van der Waals surface area contributed by atoms with Crippen LogP contribution in [0.15, 0.2) is 22.7 Å². The number of H-pyrrole nitrogens is 1. The fourth-order valence-electron chi connectivity index (χ4n) is 2.28. The van der Waals surface area contributed by atoms with Crippen LogP contribution in [0.2, 0.25) is 0 Å². The van der Waals surface area contributed by atoms with Crippen LogP contribution in [-0.4, -0.2) is 44.3 Å². The highest BCUT2D eigenvalue weighted by Crippen LogP contribution is 2.29. The van der Waals surface area contributed by atoms with E-state index in [9.17, 15) is 4.79 Å². The van der Waals surface area contributed by atoms with E-state index in [-0.39, 0.29) is 5.91 Å².